The second kappa shape index (κ2) is 6.56. The average Bonchev–Trinajstić information content (AvgIpc) is 2.95. The molecule has 2 aromatic rings. The van der Waals surface area contributed by atoms with Gasteiger partial charge in [0.25, 0.3) is 5.91 Å². The summed E-state index contributed by atoms with van der Waals surface area (Å²) in [7, 11) is -1.20. The number of hydrogen-bond acceptors (Lipinski definition) is 6. The second-order valence-electron chi connectivity index (χ2n) is 5.76. The van der Waals surface area contributed by atoms with Crippen molar-refractivity contribution in [2.24, 2.45) is 0 Å². The van der Waals surface area contributed by atoms with E-state index in [9.17, 15) is 13.2 Å². The summed E-state index contributed by atoms with van der Waals surface area (Å²) in [4.78, 5) is 22.3. The number of carbonyl (C=O) groups is 1. The van der Waals surface area contributed by atoms with Crippen molar-refractivity contribution in [1.29, 1.82) is 0 Å². The van der Waals surface area contributed by atoms with Crippen LogP contribution >= 0.6 is 0 Å². The third-order valence-corrected chi connectivity index (χ3v) is 5.75. The zero-order valence-electron chi connectivity index (χ0n) is 13.2. The number of rotatable bonds is 4. The summed E-state index contributed by atoms with van der Waals surface area (Å²) in [5.74, 6) is 0.426. The van der Waals surface area contributed by atoms with Gasteiger partial charge in [0.15, 0.2) is 9.84 Å². The van der Waals surface area contributed by atoms with Crippen LogP contribution in [0.25, 0.3) is 0 Å². The lowest BCUT2D eigenvalue weighted by Gasteiger charge is -2.23. The van der Waals surface area contributed by atoms with Crippen LogP contribution in [0.3, 0.4) is 0 Å². The molecule has 24 heavy (non-hydrogen) atoms. The quantitative estimate of drug-likeness (QED) is 0.898. The van der Waals surface area contributed by atoms with Crippen molar-refractivity contribution < 1.29 is 13.2 Å². The molecule has 0 saturated carbocycles. The minimum atomic E-state index is -2.97. The molecule has 1 aliphatic rings. The SMILES string of the molecule is CN(c1ncc(C(=O)Nc2ccccc2)cn1)C1CCS(=O)(=O)C1. The van der Waals surface area contributed by atoms with E-state index in [1.165, 1.54) is 12.4 Å². The van der Waals surface area contributed by atoms with Crippen molar-refractivity contribution >= 4 is 27.4 Å². The molecule has 0 bridgehead atoms. The lowest BCUT2D eigenvalue weighted by Crippen LogP contribution is -2.34. The number of amides is 1. The third-order valence-electron chi connectivity index (χ3n) is 4.00. The van der Waals surface area contributed by atoms with Crippen LogP contribution in [0.15, 0.2) is 42.7 Å². The molecule has 0 aliphatic carbocycles. The van der Waals surface area contributed by atoms with Gasteiger partial charge in [-0.2, -0.15) is 0 Å². The maximum Gasteiger partial charge on any atom is 0.258 e. The highest BCUT2D eigenvalue weighted by molar-refractivity contribution is 7.91. The number of sulfone groups is 1. The largest absolute Gasteiger partial charge is 0.340 e. The van der Waals surface area contributed by atoms with Gasteiger partial charge >= 0.3 is 0 Å². The summed E-state index contributed by atoms with van der Waals surface area (Å²) in [6.07, 6.45) is 3.46. The second-order valence-corrected chi connectivity index (χ2v) is 7.99. The molecule has 1 aromatic heterocycles. The van der Waals surface area contributed by atoms with E-state index in [1.54, 1.807) is 24.1 Å². The summed E-state index contributed by atoms with van der Waals surface area (Å²) >= 11 is 0. The number of para-hydroxylation sites is 1. The molecule has 8 heteroatoms. The van der Waals surface area contributed by atoms with E-state index in [0.717, 1.165) is 0 Å². The molecule has 7 nitrogen and oxygen atoms in total. The van der Waals surface area contributed by atoms with Crippen LogP contribution in [0, 0.1) is 0 Å². The zero-order chi connectivity index (χ0) is 17.2. The van der Waals surface area contributed by atoms with Crippen LogP contribution in [-0.4, -0.2) is 48.9 Å². The highest BCUT2D eigenvalue weighted by Gasteiger charge is 2.31. The predicted molar refractivity (Wildman–Crippen MR) is 91.9 cm³/mol. The molecule has 1 aromatic carbocycles. The molecule has 1 aliphatic heterocycles. The lowest BCUT2D eigenvalue weighted by molar-refractivity contribution is 0.102. The Labute approximate surface area is 140 Å². The Morgan fingerprint density at radius 1 is 1.21 bits per heavy atom. The minimum absolute atomic E-state index is 0.114. The molecule has 1 atom stereocenters. The highest BCUT2D eigenvalue weighted by Crippen LogP contribution is 2.20. The first kappa shape index (κ1) is 16.4. The summed E-state index contributed by atoms with van der Waals surface area (Å²) in [5, 5.41) is 2.76. The number of anilines is 2. The molecule has 0 spiro atoms. The predicted octanol–water partition coefficient (Wildman–Crippen LogP) is 1.35. The molecular weight excluding hydrogens is 328 g/mol. The molecule has 1 unspecified atom stereocenters. The van der Waals surface area contributed by atoms with E-state index < -0.39 is 9.84 Å². The number of carbonyl (C=O) groups excluding carboxylic acids is 1. The molecule has 3 rings (SSSR count). The standard InChI is InChI=1S/C16H18N4O3S/c1-20(14-7-8-24(22,23)11-14)16-17-9-12(10-18-16)15(21)19-13-5-3-2-4-6-13/h2-6,9-10,14H,7-8,11H2,1H3,(H,19,21). The zero-order valence-corrected chi connectivity index (χ0v) is 14.0. The van der Waals surface area contributed by atoms with E-state index in [1.807, 2.05) is 18.2 Å². The van der Waals surface area contributed by atoms with Gasteiger partial charge in [-0.15, -0.1) is 0 Å². The first-order valence-electron chi connectivity index (χ1n) is 7.56. The maximum absolute atomic E-state index is 12.2. The number of hydrogen-bond donors (Lipinski definition) is 1. The van der Waals surface area contributed by atoms with Crippen molar-refractivity contribution in [3.63, 3.8) is 0 Å². The molecule has 2 heterocycles. The van der Waals surface area contributed by atoms with E-state index in [2.05, 4.69) is 15.3 Å². The monoisotopic (exact) mass is 346 g/mol. The first-order chi connectivity index (χ1) is 11.4. The Hall–Kier alpha value is -2.48. The van der Waals surface area contributed by atoms with Gasteiger partial charge in [-0.25, -0.2) is 18.4 Å². The van der Waals surface area contributed by atoms with Gasteiger partial charge in [-0.3, -0.25) is 4.79 Å². The Morgan fingerprint density at radius 2 is 1.88 bits per heavy atom. The van der Waals surface area contributed by atoms with Crippen molar-refractivity contribution in [3.8, 4) is 0 Å². The topological polar surface area (TPSA) is 92.3 Å². The van der Waals surface area contributed by atoms with Gasteiger partial charge in [0, 0.05) is 31.2 Å². The number of nitrogens with one attached hydrogen (secondary N) is 1. The van der Waals surface area contributed by atoms with Crippen molar-refractivity contribution in [2.45, 2.75) is 12.5 Å². The summed E-state index contributed by atoms with van der Waals surface area (Å²) in [6, 6.07) is 8.99. The molecule has 1 saturated heterocycles. The van der Waals surface area contributed by atoms with Crippen LogP contribution in [0.1, 0.15) is 16.8 Å². The number of benzene rings is 1. The normalized spacial score (nSPS) is 19.0. The molecule has 0 radical (unpaired) electrons. The Morgan fingerprint density at radius 3 is 2.46 bits per heavy atom. The fourth-order valence-corrected chi connectivity index (χ4v) is 4.36. The van der Waals surface area contributed by atoms with Crippen LogP contribution in [0.4, 0.5) is 11.6 Å². The summed E-state index contributed by atoms with van der Waals surface area (Å²) in [6.45, 7) is 0. The van der Waals surface area contributed by atoms with Gasteiger partial charge in [-0.1, -0.05) is 18.2 Å². The summed E-state index contributed by atoms with van der Waals surface area (Å²) < 4.78 is 23.1. The molecule has 1 N–H and O–H groups in total. The van der Waals surface area contributed by atoms with Crippen LogP contribution < -0.4 is 10.2 Å². The number of nitrogens with zero attached hydrogens (tertiary/aromatic N) is 3. The Balaban J connectivity index is 1.68. The Kier molecular flexibility index (Phi) is 4.48. The van der Waals surface area contributed by atoms with Crippen molar-refractivity contribution in [1.82, 2.24) is 9.97 Å². The summed E-state index contributed by atoms with van der Waals surface area (Å²) in [5.41, 5.74) is 1.04. The van der Waals surface area contributed by atoms with E-state index >= 15 is 0 Å². The van der Waals surface area contributed by atoms with Gasteiger partial charge < -0.3 is 10.2 Å². The highest BCUT2D eigenvalue weighted by atomic mass is 32.2. The van der Waals surface area contributed by atoms with E-state index in [0.29, 0.717) is 23.6 Å². The fourth-order valence-electron chi connectivity index (χ4n) is 2.59. The van der Waals surface area contributed by atoms with Crippen LogP contribution in [0.5, 0.6) is 0 Å². The van der Waals surface area contributed by atoms with Crippen molar-refractivity contribution in [3.05, 3.63) is 48.3 Å². The van der Waals surface area contributed by atoms with E-state index in [4.69, 9.17) is 0 Å². The van der Waals surface area contributed by atoms with Gasteiger partial charge in [0.2, 0.25) is 5.95 Å². The molecular formula is C16H18N4O3S. The van der Waals surface area contributed by atoms with Crippen molar-refractivity contribution in [2.75, 3.05) is 28.8 Å². The molecule has 1 fully saturated rings. The van der Waals surface area contributed by atoms with Gasteiger partial charge in [0.05, 0.1) is 17.1 Å². The minimum Gasteiger partial charge on any atom is -0.340 e. The Bertz CT molecular complexity index is 822. The van der Waals surface area contributed by atoms with Crippen LogP contribution in [-0.2, 0) is 9.84 Å². The smallest absolute Gasteiger partial charge is 0.258 e. The molecule has 1 amide bonds. The van der Waals surface area contributed by atoms with Gasteiger partial charge in [-0.05, 0) is 18.6 Å². The first-order valence-corrected chi connectivity index (χ1v) is 9.38. The lowest BCUT2D eigenvalue weighted by atomic mass is 10.2. The maximum atomic E-state index is 12.2. The third kappa shape index (κ3) is 3.70. The van der Waals surface area contributed by atoms with Crippen LogP contribution in [0.2, 0.25) is 0 Å². The van der Waals surface area contributed by atoms with Gasteiger partial charge in [0.1, 0.15) is 0 Å². The average molecular weight is 346 g/mol. The fraction of sp³-hybridized carbons (Fsp3) is 0.312. The molecule has 126 valence electrons. The number of aromatic nitrogens is 2. The van der Waals surface area contributed by atoms with E-state index in [-0.39, 0.29) is 23.5 Å².